The highest BCUT2D eigenvalue weighted by Crippen LogP contribution is 2.76. The Morgan fingerprint density at radius 1 is 0.667 bits per heavy atom. The van der Waals surface area contributed by atoms with Crippen molar-refractivity contribution < 1.29 is 89.1 Å². The number of rotatable bonds is 9. The van der Waals surface area contributed by atoms with E-state index in [0.717, 1.165) is 44.9 Å². The zero-order valence-corrected chi connectivity index (χ0v) is 39.6. The molecule has 8 rings (SSSR count). The van der Waals surface area contributed by atoms with Crippen LogP contribution in [0.4, 0.5) is 0 Å². The van der Waals surface area contributed by atoms with Crippen LogP contribution >= 0.6 is 0 Å². The van der Waals surface area contributed by atoms with Crippen LogP contribution in [0.15, 0.2) is 11.6 Å². The first kappa shape index (κ1) is 50.5. The molecule has 0 bridgehead atoms. The van der Waals surface area contributed by atoms with Gasteiger partial charge in [-0.2, -0.15) is 0 Å². The molecule has 3 heterocycles. The third kappa shape index (κ3) is 7.74. The Bertz CT molecular complexity index is 1860. The van der Waals surface area contributed by atoms with E-state index in [1.54, 1.807) is 0 Å². The molecule has 0 spiro atoms. The number of carboxylic acids is 2. The zero-order valence-electron chi connectivity index (χ0n) is 39.6. The van der Waals surface area contributed by atoms with Crippen LogP contribution in [0.2, 0.25) is 0 Å². The maximum absolute atomic E-state index is 13.1. The fourth-order valence-corrected chi connectivity index (χ4v) is 15.1. The smallest absolute Gasteiger partial charge is 0.335 e. The number of aliphatic hydroxyl groups excluding tert-OH is 8. The van der Waals surface area contributed by atoms with E-state index in [0.29, 0.717) is 19.3 Å². The van der Waals surface area contributed by atoms with Crippen molar-refractivity contribution in [2.24, 2.45) is 50.2 Å². The molecular weight excluding hydrogens is 865 g/mol. The van der Waals surface area contributed by atoms with Gasteiger partial charge >= 0.3 is 11.9 Å². The van der Waals surface area contributed by atoms with Crippen molar-refractivity contribution in [2.75, 3.05) is 6.61 Å². The van der Waals surface area contributed by atoms with Crippen LogP contribution in [0.25, 0.3) is 0 Å². The number of fused-ring (bicyclic) bond motifs is 7. The molecule has 0 unspecified atom stereocenters. The summed E-state index contributed by atoms with van der Waals surface area (Å²) in [6, 6.07) is 0. The number of hydrogen-bond donors (Lipinski definition) is 10. The van der Waals surface area contributed by atoms with Crippen molar-refractivity contribution in [2.45, 2.75) is 218 Å². The van der Waals surface area contributed by atoms with Crippen LogP contribution in [0, 0.1) is 50.2 Å². The second-order valence-corrected chi connectivity index (χ2v) is 23.5. The summed E-state index contributed by atoms with van der Waals surface area (Å²) in [4.78, 5) is 25.6. The molecule has 0 aromatic rings. The SMILES string of the molecule is C[C@H]1O[C@@H](O[C@H]2[C@H](O)[C@@H](O[C@@H]3[C@H](O[C@@H]4CC[C@@]5(C)[C@H](CC[C@]6(C)[C@@H]5CC=C5[C@@H]7CC(C)(C)CC[C@]7(C(=O)O)CC[C@@]56C)C4(C)C)O[C@@H](C(=O)O)[C@H](O)[C@@H]3O)O[C@@H](CO)[C@@H]2O)[C@H](O)[C@@H](O)[C@H]1O. The van der Waals surface area contributed by atoms with E-state index in [-0.39, 0.29) is 39.4 Å². The van der Waals surface area contributed by atoms with Gasteiger partial charge in [-0.1, -0.05) is 60.1 Å². The molecule has 3 aliphatic heterocycles. The minimum atomic E-state index is -2.02. The van der Waals surface area contributed by atoms with Gasteiger partial charge in [0.1, 0.15) is 61.0 Å². The molecule has 8 aliphatic rings. The first-order chi connectivity index (χ1) is 30.7. The van der Waals surface area contributed by atoms with Gasteiger partial charge in [0.05, 0.1) is 24.2 Å². The number of hydrogen-bond acceptors (Lipinski definition) is 16. The highest BCUT2D eigenvalue weighted by atomic mass is 16.8. The van der Waals surface area contributed by atoms with Crippen LogP contribution in [-0.2, 0) is 38.0 Å². The normalized spacial score (nSPS) is 53.3. The Morgan fingerprint density at radius 2 is 1.32 bits per heavy atom. The van der Waals surface area contributed by atoms with E-state index in [1.165, 1.54) is 12.5 Å². The van der Waals surface area contributed by atoms with Crippen molar-refractivity contribution in [1.82, 2.24) is 0 Å². The van der Waals surface area contributed by atoms with E-state index in [2.05, 4.69) is 54.5 Å². The molecule has 23 atom stereocenters. The minimum Gasteiger partial charge on any atom is -0.481 e. The van der Waals surface area contributed by atoms with Crippen LogP contribution in [0.5, 0.6) is 0 Å². The van der Waals surface area contributed by atoms with Gasteiger partial charge in [0, 0.05) is 0 Å². The quantitative estimate of drug-likeness (QED) is 0.117. The maximum Gasteiger partial charge on any atom is 0.335 e. The monoisotopic (exact) mass is 941 g/mol. The molecule has 18 heteroatoms. The summed E-state index contributed by atoms with van der Waals surface area (Å²) in [6.45, 7) is 16.6. The number of carbonyl (C=O) groups is 2. The third-order valence-electron chi connectivity index (χ3n) is 19.3. The lowest BCUT2D eigenvalue weighted by Gasteiger charge is -2.71. The average Bonchev–Trinajstić information content (AvgIpc) is 3.24. The molecule has 0 amide bonds. The van der Waals surface area contributed by atoms with Gasteiger partial charge in [0.15, 0.2) is 25.0 Å². The molecule has 3 saturated heterocycles. The summed E-state index contributed by atoms with van der Waals surface area (Å²) < 4.78 is 35.9. The molecular formula is C48H76O18. The molecule has 0 aromatic heterocycles. The molecule has 10 N–H and O–H groups in total. The molecule has 7 fully saturated rings. The van der Waals surface area contributed by atoms with Gasteiger partial charge in [-0.05, 0) is 116 Å². The lowest BCUT2D eigenvalue weighted by molar-refractivity contribution is -0.388. The summed E-state index contributed by atoms with van der Waals surface area (Å²) in [5, 5.41) is 108. The maximum atomic E-state index is 13.1. The topological polar surface area (TPSA) is 292 Å². The largest absolute Gasteiger partial charge is 0.481 e. The Morgan fingerprint density at radius 3 is 1.97 bits per heavy atom. The van der Waals surface area contributed by atoms with Gasteiger partial charge in [0.2, 0.25) is 0 Å². The summed E-state index contributed by atoms with van der Waals surface area (Å²) >= 11 is 0. The Balaban J connectivity index is 1.04. The predicted molar refractivity (Wildman–Crippen MR) is 230 cm³/mol. The van der Waals surface area contributed by atoms with Crippen molar-refractivity contribution in [3.63, 3.8) is 0 Å². The summed E-state index contributed by atoms with van der Waals surface area (Å²) in [5.41, 5.74) is -0.383. The molecule has 18 nitrogen and oxygen atoms in total. The van der Waals surface area contributed by atoms with Gasteiger partial charge in [-0.25, -0.2) is 4.79 Å². The Hall–Kier alpha value is -1.88. The number of allylic oxidation sites excluding steroid dienone is 2. The highest BCUT2D eigenvalue weighted by Gasteiger charge is 2.70. The lowest BCUT2D eigenvalue weighted by Crippen LogP contribution is -2.68. The molecule has 5 aliphatic carbocycles. The van der Waals surface area contributed by atoms with E-state index < -0.39 is 128 Å². The van der Waals surface area contributed by atoms with Crippen molar-refractivity contribution in [3.05, 3.63) is 11.6 Å². The van der Waals surface area contributed by atoms with Crippen LogP contribution in [0.3, 0.4) is 0 Å². The molecule has 0 radical (unpaired) electrons. The Kier molecular flexibility index (Phi) is 13.4. The molecule has 4 saturated carbocycles. The summed E-state index contributed by atoms with van der Waals surface area (Å²) in [7, 11) is 0. The van der Waals surface area contributed by atoms with Gasteiger partial charge < -0.3 is 79.5 Å². The number of ether oxygens (including phenoxy) is 6. The van der Waals surface area contributed by atoms with E-state index in [1.807, 2.05) is 0 Å². The average molecular weight is 941 g/mol. The number of aliphatic hydroxyl groups is 8. The summed E-state index contributed by atoms with van der Waals surface area (Å²) in [5.74, 6) is -1.86. The third-order valence-corrected chi connectivity index (χ3v) is 19.3. The lowest BCUT2D eigenvalue weighted by atomic mass is 9.33. The van der Waals surface area contributed by atoms with Crippen molar-refractivity contribution >= 4 is 11.9 Å². The minimum absolute atomic E-state index is 0.0136. The van der Waals surface area contributed by atoms with E-state index >= 15 is 0 Å². The first-order valence-corrected chi connectivity index (χ1v) is 24.2. The first-order valence-electron chi connectivity index (χ1n) is 24.2. The van der Waals surface area contributed by atoms with Gasteiger partial charge in [-0.15, -0.1) is 0 Å². The second-order valence-electron chi connectivity index (χ2n) is 23.5. The second kappa shape index (κ2) is 17.5. The van der Waals surface area contributed by atoms with Crippen LogP contribution < -0.4 is 0 Å². The van der Waals surface area contributed by atoms with Gasteiger partial charge in [-0.3, -0.25) is 4.79 Å². The number of carboxylic acid groups (broad SMARTS) is 2. The highest BCUT2D eigenvalue weighted by molar-refractivity contribution is 5.76. The fraction of sp³-hybridized carbons (Fsp3) is 0.917. The Labute approximate surface area is 386 Å². The van der Waals surface area contributed by atoms with Crippen molar-refractivity contribution in [3.8, 4) is 0 Å². The van der Waals surface area contributed by atoms with E-state index in [9.17, 15) is 60.7 Å². The molecule has 0 aromatic carbocycles. The van der Waals surface area contributed by atoms with Crippen LogP contribution in [0.1, 0.15) is 120 Å². The fourth-order valence-electron chi connectivity index (χ4n) is 15.1. The predicted octanol–water partition coefficient (Wildman–Crippen LogP) is 1.83. The molecule has 376 valence electrons. The number of aliphatic carboxylic acids is 2. The van der Waals surface area contributed by atoms with Crippen molar-refractivity contribution in [1.29, 1.82) is 0 Å². The summed E-state index contributed by atoms with van der Waals surface area (Å²) in [6.07, 6.45) is -16.0. The van der Waals surface area contributed by atoms with Crippen LogP contribution in [-0.4, -0.2) is 168 Å². The van der Waals surface area contributed by atoms with E-state index in [4.69, 9.17) is 28.4 Å². The van der Waals surface area contributed by atoms with Gasteiger partial charge in [0.25, 0.3) is 0 Å². The molecule has 66 heavy (non-hydrogen) atoms. The standard InChI is InChI=1S/C48H76O18/c1-21-28(50)30(52)33(55)39(61-21)64-35-29(51)24(20-49)62-40(34(35)56)66-37-32(54)31(53)36(38(57)58)65-41(37)63-27-12-13-45(6)25(44(27,4)5)11-14-47(8)26(45)10-9-22-23-19-43(2,3)15-17-48(23,42(59)60)18-16-46(22,47)7/h9,21,23-37,39-41,49-56H,10-20H2,1-8H3,(H,57,58)(H,59,60)/t21-,23+,24+,25-,26-,27-,28+,29+,30+,31-,32+,33-,34+,35-,36-,37+,39+,40-,41-,45+,46+,47-,48+/m1/s1. The zero-order chi connectivity index (χ0) is 48.4.